The molecule has 1 aliphatic carbocycles. The first-order valence-electron chi connectivity index (χ1n) is 11.0. The summed E-state index contributed by atoms with van der Waals surface area (Å²) in [4.78, 5) is 21.2. The number of nitrogens with zero attached hydrogens (tertiary/aromatic N) is 6. The lowest BCUT2D eigenvalue weighted by Gasteiger charge is -2.12. The van der Waals surface area contributed by atoms with Gasteiger partial charge in [-0.15, -0.1) is 0 Å². The van der Waals surface area contributed by atoms with E-state index in [1.807, 2.05) is 0 Å². The molecule has 0 amide bonds. The van der Waals surface area contributed by atoms with Gasteiger partial charge in [0.2, 0.25) is 11.8 Å². The Kier molecular flexibility index (Phi) is 6.25. The van der Waals surface area contributed by atoms with E-state index < -0.39 is 11.9 Å². The second-order valence-corrected chi connectivity index (χ2v) is 8.72. The quantitative estimate of drug-likeness (QED) is 0.322. The maximum atomic E-state index is 13.0. The minimum absolute atomic E-state index is 0.128. The summed E-state index contributed by atoms with van der Waals surface area (Å²) in [6.45, 7) is 0.128. The van der Waals surface area contributed by atoms with Crippen LogP contribution >= 0.6 is 11.6 Å². The zero-order valence-electron chi connectivity index (χ0n) is 19.3. The highest BCUT2D eigenvalue weighted by Gasteiger charge is 2.34. The van der Waals surface area contributed by atoms with Gasteiger partial charge in [0.25, 0.3) is 0 Å². The van der Waals surface area contributed by atoms with Gasteiger partial charge < -0.3 is 14.0 Å². The van der Waals surface area contributed by atoms with E-state index in [4.69, 9.17) is 21.1 Å². The SMILES string of the molecule is COc1ncnc(C2CC2)c1-c1ncc(Cl)c(OCc2ccc(-c3nc(C(F)(F)F)cn3C)cc2)n1. The summed E-state index contributed by atoms with van der Waals surface area (Å²) < 4.78 is 51.5. The Bertz CT molecular complexity index is 1400. The molecule has 0 unspecified atom stereocenters. The van der Waals surface area contributed by atoms with Gasteiger partial charge in [-0.05, 0) is 18.4 Å². The maximum Gasteiger partial charge on any atom is 0.434 e. The van der Waals surface area contributed by atoms with Crippen LogP contribution in [-0.4, -0.2) is 36.6 Å². The maximum absolute atomic E-state index is 13.0. The molecule has 36 heavy (non-hydrogen) atoms. The Hall–Kier alpha value is -3.73. The normalized spacial score (nSPS) is 13.6. The van der Waals surface area contributed by atoms with Crippen molar-refractivity contribution in [2.24, 2.45) is 7.05 Å². The zero-order chi connectivity index (χ0) is 25.4. The summed E-state index contributed by atoms with van der Waals surface area (Å²) in [7, 11) is 3.04. The van der Waals surface area contributed by atoms with Crippen molar-refractivity contribution in [1.82, 2.24) is 29.5 Å². The largest absolute Gasteiger partial charge is 0.480 e. The van der Waals surface area contributed by atoms with E-state index >= 15 is 0 Å². The molecule has 0 saturated heterocycles. The Morgan fingerprint density at radius 2 is 1.81 bits per heavy atom. The standard InChI is InChI=1S/C24H20ClF3N6O2/c1-34-10-17(24(26,27)28)32-21(34)15-5-3-13(4-6-15)11-36-22-16(25)9-29-20(33-22)18-19(14-7-8-14)30-12-31-23(18)35-2/h3-6,9-10,12,14H,7-8,11H2,1-2H3. The summed E-state index contributed by atoms with van der Waals surface area (Å²) in [5, 5.41) is 0.229. The van der Waals surface area contributed by atoms with Crippen LogP contribution in [0.4, 0.5) is 13.2 Å². The number of imidazole rings is 1. The lowest BCUT2D eigenvalue weighted by atomic mass is 10.1. The molecule has 1 aromatic carbocycles. The van der Waals surface area contributed by atoms with Gasteiger partial charge in [-0.2, -0.15) is 18.2 Å². The fraction of sp³-hybridized carbons (Fsp3) is 0.292. The number of hydrogen-bond donors (Lipinski definition) is 0. The molecule has 3 aromatic heterocycles. The van der Waals surface area contributed by atoms with Crippen molar-refractivity contribution in [2.45, 2.75) is 31.5 Å². The summed E-state index contributed by atoms with van der Waals surface area (Å²) in [6.07, 6.45) is 1.41. The second kappa shape index (κ2) is 9.38. The van der Waals surface area contributed by atoms with Gasteiger partial charge in [0.15, 0.2) is 11.5 Å². The molecule has 0 aliphatic heterocycles. The van der Waals surface area contributed by atoms with E-state index in [0.29, 0.717) is 28.7 Å². The molecule has 4 aromatic rings. The van der Waals surface area contributed by atoms with Crippen molar-refractivity contribution in [3.63, 3.8) is 0 Å². The first kappa shape index (κ1) is 24.0. The predicted octanol–water partition coefficient (Wildman–Crippen LogP) is 5.47. The van der Waals surface area contributed by atoms with Gasteiger partial charge in [-0.25, -0.2) is 19.9 Å². The van der Waals surface area contributed by atoms with Crippen LogP contribution in [0, 0.1) is 0 Å². The van der Waals surface area contributed by atoms with E-state index in [1.165, 1.54) is 31.2 Å². The van der Waals surface area contributed by atoms with E-state index in [9.17, 15) is 13.2 Å². The number of methoxy groups -OCH3 is 1. The molecule has 0 radical (unpaired) electrons. The Morgan fingerprint density at radius 1 is 1.06 bits per heavy atom. The van der Waals surface area contributed by atoms with Gasteiger partial charge in [-0.3, -0.25) is 0 Å². The van der Waals surface area contributed by atoms with Crippen molar-refractivity contribution in [1.29, 1.82) is 0 Å². The Morgan fingerprint density at radius 3 is 2.44 bits per heavy atom. The summed E-state index contributed by atoms with van der Waals surface area (Å²) in [5.74, 6) is 1.42. The highest BCUT2D eigenvalue weighted by Crippen LogP contribution is 2.45. The number of hydrogen-bond acceptors (Lipinski definition) is 7. The zero-order valence-corrected chi connectivity index (χ0v) is 20.0. The molecule has 3 heterocycles. The number of ether oxygens (including phenoxy) is 2. The molecule has 1 saturated carbocycles. The van der Waals surface area contributed by atoms with Crippen molar-refractivity contribution in [3.8, 4) is 34.5 Å². The number of aromatic nitrogens is 6. The number of alkyl halides is 3. The molecule has 12 heteroatoms. The van der Waals surface area contributed by atoms with Gasteiger partial charge >= 0.3 is 6.18 Å². The smallest absolute Gasteiger partial charge is 0.434 e. The van der Waals surface area contributed by atoms with Crippen LogP contribution in [0.3, 0.4) is 0 Å². The summed E-state index contributed by atoms with van der Waals surface area (Å²) in [5.41, 5.74) is 1.81. The molecule has 1 fully saturated rings. The van der Waals surface area contributed by atoms with Crippen LogP contribution in [0.25, 0.3) is 22.8 Å². The Balaban J connectivity index is 1.35. The van der Waals surface area contributed by atoms with Gasteiger partial charge in [-0.1, -0.05) is 35.9 Å². The van der Waals surface area contributed by atoms with Crippen LogP contribution < -0.4 is 9.47 Å². The molecular weight excluding hydrogens is 497 g/mol. The topological polar surface area (TPSA) is 87.8 Å². The predicted molar refractivity (Wildman–Crippen MR) is 125 cm³/mol. The lowest BCUT2D eigenvalue weighted by molar-refractivity contribution is -0.140. The molecular formula is C24H20ClF3N6O2. The summed E-state index contributed by atoms with van der Waals surface area (Å²) in [6, 6.07) is 6.85. The first-order chi connectivity index (χ1) is 17.2. The number of rotatable bonds is 7. The van der Waals surface area contributed by atoms with Gasteiger partial charge in [0.05, 0.1) is 19.0 Å². The minimum Gasteiger partial charge on any atom is -0.480 e. The van der Waals surface area contributed by atoms with Crippen molar-refractivity contribution < 1.29 is 22.6 Å². The van der Waals surface area contributed by atoms with Crippen LogP contribution in [0.5, 0.6) is 11.8 Å². The first-order valence-corrected chi connectivity index (χ1v) is 11.4. The molecule has 1 aliphatic rings. The summed E-state index contributed by atoms with van der Waals surface area (Å²) >= 11 is 6.28. The van der Waals surface area contributed by atoms with Crippen LogP contribution in [0.1, 0.15) is 35.7 Å². The van der Waals surface area contributed by atoms with E-state index in [1.54, 1.807) is 24.3 Å². The van der Waals surface area contributed by atoms with Crippen LogP contribution in [0.2, 0.25) is 5.02 Å². The molecule has 5 rings (SSSR count). The van der Waals surface area contributed by atoms with E-state index in [-0.39, 0.29) is 23.3 Å². The third kappa shape index (κ3) is 4.83. The average Bonchev–Trinajstić information content (AvgIpc) is 3.63. The van der Waals surface area contributed by atoms with Crippen molar-refractivity contribution >= 4 is 11.6 Å². The van der Waals surface area contributed by atoms with E-state index in [0.717, 1.165) is 30.3 Å². The van der Waals surface area contributed by atoms with E-state index in [2.05, 4.69) is 24.9 Å². The molecule has 0 atom stereocenters. The van der Waals surface area contributed by atoms with Crippen molar-refractivity contribution in [2.75, 3.05) is 7.11 Å². The minimum atomic E-state index is -4.51. The average molecular weight is 517 g/mol. The van der Waals surface area contributed by atoms with Crippen LogP contribution in [-0.2, 0) is 19.8 Å². The monoisotopic (exact) mass is 516 g/mol. The van der Waals surface area contributed by atoms with Gasteiger partial charge in [0, 0.05) is 24.7 Å². The number of benzene rings is 1. The molecule has 0 N–H and O–H groups in total. The third-order valence-electron chi connectivity index (χ3n) is 5.69. The van der Waals surface area contributed by atoms with Gasteiger partial charge in [0.1, 0.15) is 29.3 Å². The molecule has 186 valence electrons. The highest BCUT2D eigenvalue weighted by molar-refractivity contribution is 6.31. The number of aryl methyl sites for hydroxylation is 1. The van der Waals surface area contributed by atoms with Crippen molar-refractivity contribution in [3.05, 3.63) is 65.0 Å². The van der Waals surface area contributed by atoms with Crippen LogP contribution in [0.15, 0.2) is 43.0 Å². The Labute approximate surface area is 209 Å². The number of halogens is 4. The second-order valence-electron chi connectivity index (χ2n) is 8.31. The fourth-order valence-electron chi connectivity index (χ4n) is 3.76. The third-order valence-corrected chi connectivity index (χ3v) is 5.95. The highest BCUT2D eigenvalue weighted by atomic mass is 35.5. The molecule has 0 spiro atoms. The molecule has 0 bridgehead atoms. The lowest BCUT2D eigenvalue weighted by Crippen LogP contribution is -2.05. The fourth-order valence-corrected chi connectivity index (χ4v) is 3.91. The molecule has 8 nitrogen and oxygen atoms in total.